The van der Waals surface area contributed by atoms with E-state index in [1.807, 2.05) is 91.9 Å². The largest absolute Gasteiger partial charge is 0.491 e. The zero-order valence-corrected chi connectivity index (χ0v) is 24.9. The van der Waals surface area contributed by atoms with Crippen LogP contribution in [0.15, 0.2) is 103 Å². The standard InChI is InChI=1S/C35H35ClF3NO3/c1-24(43-29-17-9-11-25(21-29)22-32(41)42-2)19-20-40-31(23-28-16-10-18-30(34(28)36)35(37,38)39)33(26-12-5-3-6-13-26)27-14-7-4-8-15-27/h3-18,21,24,31,33,40H,19-20,22-23H2,1-2H3/t24-,31?/m1/s1. The Morgan fingerprint density at radius 3 is 2.12 bits per heavy atom. The van der Waals surface area contributed by atoms with Crippen LogP contribution < -0.4 is 10.1 Å². The van der Waals surface area contributed by atoms with Crippen LogP contribution in [0.1, 0.15) is 47.1 Å². The summed E-state index contributed by atoms with van der Waals surface area (Å²) in [6.07, 6.45) is -3.66. The molecule has 4 aromatic rings. The minimum absolute atomic E-state index is 0.153. The number of methoxy groups -OCH3 is 1. The third-order valence-electron chi connectivity index (χ3n) is 7.31. The quantitative estimate of drug-likeness (QED) is 0.155. The van der Waals surface area contributed by atoms with E-state index < -0.39 is 11.7 Å². The van der Waals surface area contributed by atoms with Crippen molar-refractivity contribution in [2.24, 2.45) is 0 Å². The van der Waals surface area contributed by atoms with Crippen LogP contribution in [0, 0.1) is 0 Å². The number of halogens is 4. The number of ether oxygens (including phenoxy) is 2. The fourth-order valence-corrected chi connectivity index (χ4v) is 5.52. The summed E-state index contributed by atoms with van der Waals surface area (Å²) in [4.78, 5) is 11.7. The van der Waals surface area contributed by atoms with Crippen molar-refractivity contribution >= 4 is 17.6 Å². The van der Waals surface area contributed by atoms with Crippen molar-refractivity contribution in [1.29, 1.82) is 0 Å². The van der Waals surface area contributed by atoms with E-state index in [0.29, 0.717) is 24.3 Å². The maximum Gasteiger partial charge on any atom is 0.417 e. The van der Waals surface area contributed by atoms with Crippen LogP contribution in [0.2, 0.25) is 5.02 Å². The van der Waals surface area contributed by atoms with Crippen molar-refractivity contribution in [1.82, 2.24) is 5.32 Å². The first kappa shape index (κ1) is 32.1. The smallest absolute Gasteiger partial charge is 0.417 e. The number of alkyl halides is 3. The maximum atomic E-state index is 13.7. The highest BCUT2D eigenvalue weighted by Crippen LogP contribution is 2.38. The van der Waals surface area contributed by atoms with Crippen LogP contribution in [0.4, 0.5) is 13.2 Å². The maximum absolute atomic E-state index is 13.7. The average Bonchev–Trinajstić information content (AvgIpc) is 2.99. The molecule has 0 aromatic heterocycles. The molecule has 0 aliphatic heterocycles. The van der Waals surface area contributed by atoms with Gasteiger partial charge in [0.25, 0.3) is 0 Å². The van der Waals surface area contributed by atoms with Crippen LogP contribution in [0.3, 0.4) is 0 Å². The fraction of sp³-hybridized carbons (Fsp3) is 0.286. The van der Waals surface area contributed by atoms with Crippen molar-refractivity contribution < 1.29 is 27.4 Å². The van der Waals surface area contributed by atoms with Crippen molar-refractivity contribution in [3.05, 3.63) is 136 Å². The minimum Gasteiger partial charge on any atom is -0.491 e. The van der Waals surface area contributed by atoms with Crippen LogP contribution in [0.25, 0.3) is 0 Å². The Kier molecular flexibility index (Phi) is 11.3. The molecule has 0 spiro atoms. The van der Waals surface area contributed by atoms with Gasteiger partial charge in [-0.2, -0.15) is 13.2 Å². The second kappa shape index (κ2) is 15.1. The van der Waals surface area contributed by atoms with Gasteiger partial charge in [-0.25, -0.2) is 0 Å². The molecule has 0 radical (unpaired) electrons. The number of carbonyl (C=O) groups excluding carboxylic acids is 1. The lowest BCUT2D eigenvalue weighted by molar-refractivity contribution is -0.140. The summed E-state index contributed by atoms with van der Waals surface area (Å²) in [5.74, 6) is 0.166. The van der Waals surface area contributed by atoms with Gasteiger partial charge in [0.15, 0.2) is 0 Å². The average molecular weight is 610 g/mol. The molecular formula is C35H35ClF3NO3. The number of rotatable bonds is 13. The molecule has 2 atom stereocenters. The monoisotopic (exact) mass is 609 g/mol. The van der Waals surface area contributed by atoms with Gasteiger partial charge in [0.05, 0.1) is 30.2 Å². The van der Waals surface area contributed by atoms with Gasteiger partial charge in [-0.15, -0.1) is 0 Å². The van der Waals surface area contributed by atoms with Crippen molar-refractivity contribution in [3.8, 4) is 5.75 Å². The molecule has 43 heavy (non-hydrogen) atoms. The third-order valence-corrected chi connectivity index (χ3v) is 7.76. The molecule has 4 aromatic carbocycles. The Morgan fingerprint density at radius 1 is 0.884 bits per heavy atom. The number of carbonyl (C=O) groups is 1. The highest BCUT2D eigenvalue weighted by molar-refractivity contribution is 6.32. The highest BCUT2D eigenvalue weighted by Gasteiger charge is 2.34. The lowest BCUT2D eigenvalue weighted by atomic mass is 9.82. The van der Waals surface area contributed by atoms with E-state index in [1.54, 1.807) is 6.07 Å². The Bertz CT molecular complexity index is 1420. The molecular weight excluding hydrogens is 575 g/mol. The van der Waals surface area contributed by atoms with E-state index in [0.717, 1.165) is 22.8 Å². The zero-order valence-electron chi connectivity index (χ0n) is 24.1. The third kappa shape index (κ3) is 9.09. The molecule has 0 saturated heterocycles. The summed E-state index contributed by atoms with van der Waals surface area (Å²) in [5.41, 5.74) is 2.47. The SMILES string of the molecule is COC(=O)Cc1cccc(O[C@H](C)CCNC(Cc2cccc(C(F)(F)F)c2Cl)C(c2ccccc2)c2ccccc2)c1. The van der Waals surface area contributed by atoms with Gasteiger partial charge in [-0.3, -0.25) is 4.79 Å². The Hall–Kier alpha value is -3.81. The Balaban J connectivity index is 1.56. The zero-order chi connectivity index (χ0) is 30.8. The second-order valence-electron chi connectivity index (χ2n) is 10.5. The molecule has 4 rings (SSSR count). The number of hydrogen-bond donors (Lipinski definition) is 1. The van der Waals surface area contributed by atoms with E-state index >= 15 is 0 Å². The molecule has 0 aliphatic rings. The van der Waals surface area contributed by atoms with Crippen LogP contribution in [-0.2, 0) is 28.5 Å². The van der Waals surface area contributed by atoms with Crippen molar-refractivity contribution in [2.45, 2.75) is 50.4 Å². The molecule has 1 N–H and O–H groups in total. The second-order valence-corrected chi connectivity index (χ2v) is 10.8. The Labute approximate surface area is 255 Å². The van der Waals surface area contributed by atoms with Gasteiger partial charge in [0.2, 0.25) is 0 Å². The fourth-order valence-electron chi connectivity index (χ4n) is 5.21. The summed E-state index contributed by atoms with van der Waals surface area (Å²) in [6.45, 7) is 2.50. The van der Waals surface area contributed by atoms with Gasteiger partial charge >= 0.3 is 12.1 Å². The predicted octanol–water partition coefficient (Wildman–Crippen LogP) is 8.26. The molecule has 0 aliphatic carbocycles. The number of nitrogens with one attached hydrogen (secondary N) is 1. The van der Waals surface area contributed by atoms with Crippen molar-refractivity contribution in [2.75, 3.05) is 13.7 Å². The summed E-state index contributed by atoms with van der Waals surface area (Å²) in [7, 11) is 1.35. The summed E-state index contributed by atoms with van der Waals surface area (Å²) in [6, 6.07) is 31.0. The molecule has 0 heterocycles. The molecule has 1 unspecified atom stereocenters. The van der Waals surface area contributed by atoms with Gasteiger partial charge in [-0.1, -0.05) is 96.5 Å². The Morgan fingerprint density at radius 2 is 1.51 bits per heavy atom. The lowest BCUT2D eigenvalue weighted by Crippen LogP contribution is -2.39. The highest BCUT2D eigenvalue weighted by atomic mass is 35.5. The molecule has 0 saturated carbocycles. The van der Waals surface area contributed by atoms with Crippen LogP contribution in [-0.4, -0.2) is 31.8 Å². The summed E-state index contributed by atoms with van der Waals surface area (Å²) < 4.78 is 52.0. The predicted molar refractivity (Wildman–Crippen MR) is 164 cm³/mol. The van der Waals surface area contributed by atoms with E-state index in [4.69, 9.17) is 21.1 Å². The van der Waals surface area contributed by atoms with E-state index in [-0.39, 0.29) is 41.9 Å². The molecule has 0 fully saturated rings. The van der Waals surface area contributed by atoms with E-state index in [9.17, 15) is 18.0 Å². The van der Waals surface area contributed by atoms with Gasteiger partial charge in [0, 0.05) is 12.0 Å². The normalized spacial score (nSPS) is 13.0. The first-order valence-corrected chi connectivity index (χ1v) is 14.5. The number of hydrogen-bond acceptors (Lipinski definition) is 4. The number of benzene rings is 4. The topological polar surface area (TPSA) is 47.6 Å². The van der Waals surface area contributed by atoms with Gasteiger partial charge in [-0.05, 0) is 66.8 Å². The van der Waals surface area contributed by atoms with Gasteiger partial charge in [0.1, 0.15) is 5.75 Å². The number of esters is 1. The molecule has 4 nitrogen and oxygen atoms in total. The molecule has 0 bridgehead atoms. The van der Waals surface area contributed by atoms with E-state index in [2.05, 4.69) is 5.32 Å². The molecule has 8 heteroatoms. The van der Waals surface area contributed by atoms with Crippen molar-refractivity contribution in [3.63, 3.8) is 0 Å². The van der Waals surface area contributed by atoms with Gasteiger partial charge < -0.3 is 14.8 Å². The lowest BCUT2D eigenvalue weighted by Gasteiger charge is -2.30. The van der Waals surface area contributed by atoms with Crippen LogP contribution >= 0.6 is 11.6 Å². The minimum atomic E-state index is -4.55. The summed E-state index contributed by atoms with van der Waals surface area (Å²) in [5, 5.41) is 3.36. The first-order chi connectivity index (χ1) is 20.7. The van der Waals surface area contributed by atoms with Crippen LogP contribution in [0.5, 0.6) is 5.75 Å². The summed E-state index contributed by atoms with van der Waals surface area (Å²) >= 11 is 6.37. The first-order valence-electron chi connectivity index (χ1n) is 14.2. The molecule has 0 amide bonds. The molecule has 226 valence electrons. The van der Waals surface area contributed by atoms with E-state index in [1.165, 1.54) is 13.2 Å².